The van der Waals surface area contributed by atoms with Gasteiger partial charge in [0.2, 0.25) is 5.91 Å². The van der Waals surface area contributed by atoms with Crippen LogP contribution in [0.5, 0.6) is 0 Å². The summed E-state index contributed by atoms with van der Waals surface area (Å²) >= 11 is 0. The van der Waals surface area contributed by atoms with Gasteiger partial charge in [-0.05, 0) is 24.6 Å². The predicted molar refractivity (Wildman–Crippen MR) is 127 cm³/mol. The van der Waals surface area contributed by atoms with Crippen molar-refractivity contribution in [3.05, 3.63) is 70.9 Å². The lowest BCUT2D eigenvalue weighted by molar-refractivity contribution is -0.135. The minimum atomic E-state index is -0.512. The number of halogens is 1. The Kier molecular flexibility index (Phi) is 5.36. The van der Waals surface area contributed by atoms with E-state index in [0.29, 0.717) is 43.8 Å². The molecule has 170 valence electrons. The first-order valence-electron chi connectivity index (χ1n) is 11.2. The summed E-state index contributed by atoms with van der Waals surface area (Å²) in [5.41, 5.74) is 1.69. The van der Waals surface area contributed by atoms with Crippen LogP contribution in [0.4, 0.5) is 10.1 Å². The Morgan fingerprint density at radius 1 is 1.03 bits per heavy atom. The first-order chi connectivity index (χ1) is 16.0. The van der Waals surface area contributed by atoms with Gasteiger partial charge in [0.15, 0.2) is 0 Å². The summed E-state index contributed by atoms with van der Waals surface area (Å²) in [4.78, 5) is 30.6. The van der Waals surface area contributed by atoms with Gasteiger partial charge in [0.05, 0.1) is 17.4 Å². The Hall–Kier alpha value is -3.68. The molecule has 33 heavy (non-hydrogen) atoms. The minimum Gasteiger partial charge on any atom is -0.366 e. The van der Waals surface area contributed by atoms with E-state index in [4.69, 9.17) is 0 Å². The van der Waals surface area contributed by atoms with Gasteiger partial charge in [-0.1, -0.05) is 37.3 Å². The largest absolute Gasteiger partial charge is 0.366 e. The maximum Gasteiger partial charge on any atom is 0.291 e. The van der Waals surface area contributed by atoms with Gasteiger partial charge < -0.3 is 14.4 Å². The number of anilines is 1. The second kappa shape index (κ2) is 8.35. The van der Waals surface area contributed by atoms with Gasteiger partial charge in [-0.2, -0.15) is 5.10 Å². The fraction of sp³-hybridized carbons (Fsp3) is 0.320. The smallest absolute Gasteiger partial charge is 0.291 e. The maximum atomic E-state index is 14.2. The Labute approximate surface area is 190 Å². The number of amides is 1. The molecule has 4 aromatic rings. The van der Waals surface area contributed by atoms with Crippen LogP contribution in [-0.4, -0.2) is 51.3 Å². The molecular formula is C25H26FN5O2. The minimum absolute atomic E-state index is 0.0211. The van der Waals surface area contributed by atoms with Crippen molar-refractivity contribution in [3.8, 4) is 0 Å². The number of nitrogens with zero attached hydrogens (tertiary/aromatic N) is 5. The molecule has 0 unspecified atom stereocenters. The average Bonchev–Trinajstić information content (AvgIpc) is 3.17. The van der Waals surface area contributed by atoms with Crippen molar-refractivity contribution in [2.45, 2.75) is 19.4 Å². The topological polar surface area (TPSA) is 63.4 Å². The summed E-state index contributed by atoms with van der Waals surface area (Å²) in [5.74, 6) is -0.273. The fourth-order valence-electron chi connectivity index (χ4n) is 4.87. The lowest BCUT2D eigenvalue weighted by Crippen LogP contribution is -2.51. The van der Waals surface area contributed by atoms with Crippen LogP contribution in [0.3, 0.4) is 0 Å². The van der Waals surface area contributed by atoms with E-state index in [1.165, 1.54) is 10.7 Å². The van der Waals surface area contributed by atoms with Crippen molar-refractivity contribution < 1.29 is 9.18 Å². The van der Waals surface area contributed by atoms with Gasteiger partial charge in [0, 0.05) is 44.0 Å². The van der Waals surface area contributed by atoms with E-state index in [1.54, 1.807) is 25.4 Å². The van der Waals surface area contributed by atoms with Crippen LogP contribution in [0, 0.1) is 5.82 Å². The van der Waals surface area contributed by atoms with Crippen LogP contribution in [0.2, 0.25) is 0 Å². The van der Waals surface area contributed by atoms with Gasteiger partial charge in [-0.3, -0.25) is 9.59 Å². The summed E-state index contributed by atoms with van der Waals surface area (Å²) in [6.45, 7) is 4.08. The number of rotatable bonds is 4. The van der Waals surface area contributed by atoms with Crippen molar-refractivity contribution in [2.75, 3.05) is 31.1 Å². The highest BCUT2D eigenvalue weighted by Crippen LogP contribution is 2.32. The first-order valence-corrected chi connectivity index (χ1v) is 11.2. The van der Waals surface area contributed by atoms with E-state index in [9.17, 15) is 14.0 Å². The van der Waals surface area contributed by atoms with Crippen LogP contribution in [0.1, 0.15) is 19.4 Å². The summed E-state index contributed by atoms with van der Waals surface area (Å²) in [6.07, 6.45) is 2.24. The van der Waals surface area contributed by atoms with Gasteiger partial charge in [-0.25, -0.2) is 9.07 Å². The second-order valence-electron chi connectivity index (χ2n) is 8.41. The molecule has 7 nitrogen and oxygen atoms in total. The van der Waals surface area contributed by atoms with Crippen LogP contribution in [-0.2, 0) is 11.8 Å². The number of fused-ring (bicyclic) bond motifs is 3. The molecule has 5 rings (SSSR count). The number of para-hydroxylation sites is 2. The average molecular weight is 448 g/mol. The van der Waals surface area contributed by atoms with E-state index in [2.05, 4.69) is 5.10 Å². The van der Waals surface area contributed by atoms with Crippen LogP contribution in [0.25, 0.3) is 21.8 Å². The molecule has 0 bridgehead atoms. The molecule has 8 heteroatoms. The van der Waals surface area contributed by atoms with Gasteiger partial charge >= 0.3 is 0 Å². The normalized spacial score (nSPS) is 15.4. The molecular weight excluding hydrogens is 421 g/mol. The number of piperazine rings is 1. The third-order valence-corrected chi connectivity index (χ3v) is 6.57. The number of hydrogen-bond acceptors (Lipinski definition) is 4. The molecule has 1 amide bonds. The summed E-state index contributed by atoms with van der Waals surface area (Å²) in [6, 6.07) is 14.0. The highest BCUT2D eigenvalue weighted by molar-refractivity contribution is 6.08. The summed E-state index contributed by atoms with van der Waals surface area (Å²) < 4.78 is 17.4. The summed E-state index contributed by atoms with van der Waals surface area (Å²) in [5, 5.41) is 5.86. The summed E-state index contributed by atoms with van der Waals surface area (Å²) in [7, 11) is 1.62. The van der Waals surface area contributed by atoms with Crippen LogP contribution >= 0.6 is 0 Å². The highest BCUT2D eigenvalue weighted by Gasteiger charge is 2.31. The monoisotopic (exact) mass is 447 g/mol. The van der Waals surface area contributed by atoms with Crippen LogP contribution in [0.15, 0.2) is 59.5 Å². The van der Waals surface area contributed by atoms with Crippen LogP contribution < -0.4 is 10.5 Å². The van der Waals surface area contributed by atoms with E-state index in [-0.39, 0.29) is 17.3 Å². The molecule has 0 N–H and O–H groups in total. The number of aromatic nitrogens is 3. The molecule has 1 aliphatic heterocycles. The van der Waals surface area contributed by atoms with E-state index in [1.807, 2.05) is 51.6 Å². The van der Waals surface area contributed by atoms with Crippen molar-refractivity contribution >= 4 is 33.4 Å². The lowest BCUT2D eigenvalue weighted by Gasteiger charge is -2.38. The molecule has 2 aromatic heterocycles. The fourth-order valence-corrected chi connectivity index (χ4v) is 4.87. The third kappa shape index (κ3) is 3.46. The first kappa shape index (κ1) is 21.2. The highest BCUT2D eigenvalue weighted by atomic mass is 19.1. The Morgan fingerprint density at radius 2 is 1.73 bits per heavy atom. The molecule has 1 aliphatic rings. The Morgan fingerprint density at radius 3 is 2.45 bits per heavy atom. The zero-order valence-electron chi connectivity index (χ0n) is 18.7. The van der Waals surface area contributed by atoms with Gasteiger partial charge in [0.25, 0.3) is 5.56 Å². The quantitative estimate of drug-likeness (QED) is 0.482. The molecule has 2 aromatic carbocycles. The molecule has 1 fully saturated rings. The SMILES string of the molecule is CC[C@@H](C(=O)N1CCN(c2ccccc2F)CC1)n1c2ccccc2c2cnn(C)c(=O)c21. The number of hydrogen-bond donors (Lipinski definition) is 0. The molecule has 0 spiro atoms. The van der Waals surface area contributed by atoms with Crippen molar-refractivity contribution in [2.24, 2.45) is 7.05 Å². The standard InChI is InChI=1S/C25H26FN5O2/c1-3-20(24(32)30-14-12-29(13-15-30)22-11-7-5-9-19(22)26)31-21-10-6-4-8-17(21)18-16-27-28(2)25(33)23(18)31/h4-11,16,20H,3,12-15H2,1-2H3/t20-/m0/s1. The lowest BCUT2D eigenvalue weighted by atomic mass is 10.1. The van der Waals surface area contributed by atoms with Gasteiger partial charge in [0.1, 0.15) is 17.4 Å². The zero-order chi connectivity index (χ0) is 23.1. The van der Waals surface area contributed by atoms with E-state index < -0.39 is 6.04 Å². The maximum absolute atomic E-state index is 14.2. The Balaban J connectivity index is 1.50. The predicted octanol–water partition coefficient (Wildman–Crippen LogP) is 3.33. The zero-order valence-corrected chi connectivity index (χ0v) is 18.7. The number of carbonyl (C=O) groups is 1. The van der Waals surface area contributed by atoms with E-state index in [0.717, 1.165) is 16.3 Å². The molecule has 3 heterocycles. The number of benzene rings is 2. The molecule has 0 aliphatic carbocycles. The van der Waals surface area contributed by atoms with Crippen molar-refractivity contribution in [1.82, 2.24) is 19.2 Å². The number of aryl methyl sites for hydroxylation is 1. The molecule has 0 saturated carbocycles. The van der Waals surface area contributed by atoms with Crippen molar-refractivity contribution in [3.63, 3.8) is 0 Å². The molecule has 0 radical (unpaired) electrons. The third-order valence-electron chi connectivity index (χ3n) is 6.57. The molecule has 1 atom stereocenters. The Bertz CT molecular complexity index is 1400. The van der Waals surface area contributed by atoms with E-state index >= 15 is 0 Å². The second-order valence-corrected chi connectivity index (χ2v) is 8.41. The van der Waals surface area contributed by atoms with Gasteiger partial charge in [-0.15, -0.1) is 0 Å². The molecule has 1 saturated heterocycles. The number of carbonyl (C=O) groups excluding carboxylic acids is 1. The van der Waals surface area contributed by atoms with Crippen molar-refractivity contribution in [1.29, 1.82) is 0 Å².